The third kappa shape index (κ3) is 4.00. The van der Waals surface area contributed by atoms with Crippen LogP contribution < -0.4 is 5.32 Å². The van der Waals surface area contributed by atoms with Crippen LogP contribution in [0.1, 0.15) is 25.2 Å². The topological polar surface area (TPSA) is 82.5 Å². The summed E-state index contributed by atoms with van der Waals surface area (Å²) in [5, 5.41) is 6.59. The first kappa shape index (κ1) is 19.5. The van der Waals surface area contributed by atoms with Gasteiger partial charge in [-0.3, -0.25) is 0 Å². The normalized spacial score (nSPS) is 16.4. The maximum Gasteiger partial charge on any atom is 0.433 e. The second-order valence-corrected chi connectivity index (χ2v) is 6.51. The molecule has 2 aromatic rings. The molecule has 1 aliphatic heterocycles. The van der Waals surface area contributed by atoms with E-state index in [0.29, 0.717) is 5.69 Å². The third-order valence-corrected chi connectivity index (χ3v) is 3.73. The quantitative estimate of drug-likeness (QED) is 0.488. The number of nitrogens with one attached hydrogen (secondary N) is 1. The first-order valence-electron chi connectivity index (χ1n) is 8.14. The van der Waals surface area contributed by atoms with Gasteiger partial charge in [-0.1, -0.05) is 0 Å². The fraction of sp³-hybridized carbons (Fsp3) is 0.278. The number of hydrogen-bond donors (Lipinski definition) is 1. The number of nitrogens with zero attached hydrogens (tertiary/aromatic N) is 2. The molecule has 0 radical (unpaired) electrons. The van der Waals surface area contributed by atoms with Crippen molar-refractivity contribution in [1.82, 2.24) is 9.78 Å². The zero-order valence-corrected chi connectivity index (χ0v) is 15.1. The van der Waals surface area contributed by atoms with E-state index in [4.69, 9.17) is 9.47 Å². The Morgan fingerprint density at radius 2 is 1.68 bits per heavy atom. The molecule has 0 bridgehead atoms. The van der Waals surface area contributed by atoms with Gasteiger partial charge in [0.05, 0.1) is 11.4 Å². The van der Waals surface area contributed by atoms with Crippen LogP contribution in [0, 0.1) is 6.92 Å². The molecule has 0 aliphatic carbocycles. The van der Waals surface area contributed by atoms with E-state index in [1.54, 1.807) is 0 Å². The van der Waals surface area contributed by atoms with Gasteiger partial charge in [-0.25, -0.2) is 14.3 Å². The molecule has 28 heavy (non-hydrogen) atoms. The number of aromatic nitrogens is 2. The Kier molecular flexibility index (Phi) is 4.66. The van der Waals surface area contributed by atoms with Crippen LogP contribution in [0.4, 0.5) is 18.9 Å². The number of esters is 2. The van der Waals surface area contributed by atoms with Gasteiger partial charge in [0.2, 0.25) is 0 Å². The van der Waals surface area contributed by atoms with Crippen molar-refractivity contribution >= 4 is 17.6 Å². The molecule has 0 amide bonds. The highest BCUT2D eigenvalue weighted by Crippen LogP contribution is 2.31. The van der Waals surface area contributed by atoms with Crippen LogP contribution in [-0.4, -0.2) is 27.5 Å². The number of aryl methyl sites for hydroxylation is 1. The van der Waals surface area contributed by atoms with Gasteiger partial charge in [0, 0.05) is 25.7 Å². The molecule has 0 spiro atoms. The molecule has 3 rings (SSSR count). The summed E-state index contributed by atoms with van der Waals surface area (Å²) in [5.74, 6) is -3.02. The van der Waals surface area contributed by atoms with E-state index >= 15 is 0 Å². The minimum atomic E-state index is -4.54. The lowest BCUT2D eigenvalue weighted by atomic mass is 10.2. The van der Waals surface area contributed by atoms with E-state index in [9.17, 15) is 22.8 Å². The van der Waals surface area contributed by atoms with Gasteiger partial charge >= 0.3 is 18.1 Å². The Morgan fingerprint density at radius 1 is 1.11 bits per heavy atom. The number of carbonyl (C=O) groups excluding carboxylic acids is 2. The number of hydrogen-bond acceptors (Lipinski definition) is 6. The monoisotopic (exact) mass is 395 g/mol. The second kappa shape index (κ2) is 6.70. The van der Waals surface area contributed by atoms with Crippen LogP contribution >= 0.6 is 0 Å². The fourth-order valence-corrected chi connectivity index (χ4v) is 2.53. The molecule has 1 saturated heterocycles. The Balaban J connectivity index is 1.80. The van der Waals surface area contributed by atoms with Gasteiger partial charge in [0.1, 0.15) is 5.69 Å². The van der Waals surface area contributed by atoms with Crippen LogP contribution in [0.15, 0.2) is 42.1 Å². The van der Waals surface area contributed by atoms with Gasteiger partial charge in [0.15, 0.2) is 5.57 Å². The van der Waals surface area contributed by atoms with Crippen LogP contribution in [0.5, 0.6) is 0 Å². The number of alkyl halides is 3. The van der Waals surface area contributed by atoms with Gasteiger partial charge in [0.25, 0.3) is 5.79 Å². The highest BCUT2D eigenvalue weighted by Gasteiger charge is 2.39. The molecule has 1 N–H and O–H groups in total. The van der Waals surface area contributed by atoms with Crippen LogP contribution in [0.3, 0.4) is 0 Å². The molecule has 0 atom stereocenters. The number of ether oxygens (including phenoxy) is 2. The third-order valence-electron chi connectivity index (χ3n) is 3.73. The molecule has 1 aliphatic rings. The van der Waals surface area contributed by atoms with E-state index in [2.05, 4.69) is 10.4 Å². The summed E-state index contributed by atoms with van der Waals surface area (Å²) in [7, 11) is 0. The molecular formula is C18H16F3N3O4. The molecule has 1 aromatic carbocycles. The van der Waals surface area contributed by atoms with Gasteiger partial charge < -0.3 is 14.8 Å². The molecule has 2 heterocycles. The number of carbonyl (C=O) groups is 2. The number of cyclic esters (lactones) is 2. The van der Waals surface area contributed by atoms with Crippen molar-refractivity contribution in [2.45, 2.75) is 32.7 Å². The van der Waals surface area contributed by atoms with Crippen molar-refractivity contribution in [2.24, 2.45) is 0 Å². The van der Waals surface area contributed by atoms with Gasteiger partial charge in [-0.15, -0.1) is 0 Å². The highest BCUT2D eigenvalue weighted by atomic mass is 19.4. The van der Waals surface area contributed by atoms with Crippen molar-refractivity contribution in [1.29, 1.82) is 0 Å². The molecule has 148 valence electrons. The number of anilines is 1. The number of rotatable bonds is 3. The maximum absolute atomic E-state index is 13.1. The van der Waals surface area contributed by atoms with Gasteiger partial charge in [-0.2, -0.15) is 18.3 Å². The van der Waals surface area contributed by atoms with Crippen molar-refractivity contribution in [3.63, 3.8) is 0 Å². The molecule has 1 aromatic heterocycles. The SMILES string of the molecule is Cc1cc(C(F)(F)F)n(-c2ccc(NC=C3C(=O)OC(C)(C)OC3=O)cc2)n1. The maximum atomic E-state index is 13.1. The smallest absolute Gasteiger partial charge is 0.419 e. The lowest BCUT2D eigenvalue weighted by Crippen LogP contribution is -2.42. The van der Waals surface area contributed by atoms with Crippen LogP contribution in [0.25, 0.3) is 5.69 Å². The summed E-state index contributed by atoms with van der Waals surface area (Å²) in [5.41, 5.74) is -0.346. The molecule has 1 fully saturated rings. The Bertz CT molecular complexity index is 937. The van der Waals surface area contributed by atoms with E-state index in [1.165, 1.54) is 45.0 Å². The second-order valence-electron chi connectivity index (χ2n) is 6.51. The Hall–Kier alpha value is -3.30. The molecular weight excluding hydrogens is 379 g/mol. The van der Waals surface area contributed by atoms with Gasteiger partial charge in [-0.05, 0) is 37.3 Å². The summed E-state index contributed by atoms with van der Waals surface area (Å²) in [6.45, 7) is 4.33. The lowest BCUT2D eigenvalue weighted by molar-refractivity contribution is -0.222. The highest BCUT2D eigenvalue weighted by molar-refractivity contribution is 6.15. The zero-order chi connectivity index (χ0) is 20.7. The standard InChI is InChI=1S/C18H16F3N3O4/c1-10-8-14(18(19,20)21)24(23-10)12-6-4-11(5-7-12)22-9-13-15(25)27-17(2,3)28-16(13)26/h4-9,22H,1-3H3. The summed E-state index contributed by atoms with van der Waals surface area (Å²) in [6, 6.07) is 6.75. The summed E-state index contributed by atoms with van der Waals surface area (Å²) in [6.07, 6.45) is -3.42. The summed E-state index contributed by atoms with van der Waals surface area (Å²) >= 11 is 0. The zero-order valence-electron chi connectivity index (χ0n) is 15.1. The number of halogens is 3. The fourth-order valence-electron chi connectivity index (χ4n) is 2.53. The molecule has 10 heteroatoms. The summed E-state index contributed by atoms with van der Waals surface area (Å²) < 4.78 is 50.1. The van der Waals surface area contributed by atoms with E-state index in [-0.39, 0.29) is 17.0 Å². The average Bonchev–Trinajstić information content (AvgIpc) is 2.96. The summed E-state index contributed by atoms with van der Waals surface area (Å²) in [4.78, 5) is 23.7. The average molecular weight is 395 g/mol. The predicted molar refractivity (Wildman–Crippen MR) is 91.3 cm³/mol. The predicted octanol–water partition coefficient (Wildman–Crippen LogP) is 3.33. The van der Waals surface area contributed by atoms with Crippen molar-refractivity contribution < 1.29 is 32.2 Å². The minimum absolute atomic E-state index is 0.205. The van der Waals surface area contributed by atoms with E-state index in [1.807, 2.05) is 0 Å². The van der Waals surface area contributed by atoms with Crippen LogP contribution in [-0.2, 0) is 25.2 Å². The van der Waals surface area contributed by atoms with E-state index < -0.39 is 29.6 Å². The molecule has 7 nitrogen and oxygen atoms in total. The minimum Gasteiger partial charge on any atom is -0.419 e. The van der Waals surface area contributed by atoms with Crippen LogP contribution in [0.2, 0.25) is 0 Å². The Morgan fingerprint density at radius 3 is 2.21 bits per heavy atom. The molecule has 0 saturated carbocycles. The number of benzene rings is 1. The van der Waals surface area contributed by atoms with Crippen molar-refractivity contribution in [2.75, 3.05) is 5.32 Å². The lowest BCUT2D eigenvalue weighted by Gasteiger charge is -2.29. The van der Waals surface area contributed by atoms with E-state index in [0.717, 1.165) is 16.9 Å². The van der Waals surface area contributed by atoms with Crippen molar-refractivity contribution in [3.05, 3.63) is 53.5 Å². The Labute approximate surface area is 157 Å². The largest absolute Gasteiger partial charge is 0.433 e. The molecule has 0 unspecified atom stereocenters. The van der Waals surface area contributed by atoms with Crippen molar-refractivity contribution in [3.8, 4) is 5.69 Å². The first-order chi connectivity index (χ1) is 13.0. The first-order valence-corrected chi connectivity index (χ1v) is 8.14.